The van der Waals surface area contributed by atoms with Crippen molar-refractivity contribution in [3.63, 3.8) is 0 Å². The monoisotopic (exact) mass is 353 g/mol. The van der Waals surface area contributed by atoms with Crippen molar-refractivity contribution >= 4 is 23.9 Å². The average molecular weight is 354 g/mol. The Morgan fingerprint density at radius 2 is 1.96 bits per heavy atom. The highest BCUT2D eigenvalue weighted by Crippen LogP contribution is 2.22. The molecule has 24 heavy (non-hydrogen) atoms. The number of fused-ring (bicyclic) bond motifs is 2. The highest BCUT2D eigenvalue weighted by atomic mass is 35.5. The van der Waals surface area contributed by atoms with Gasteiger partial charge in [0.25, 0.3) is 0 Å². The van der Waals surface area contributed by atoms with E-state index in [1.807, 2.05) is 31.0 Å². The van der Waals surface area contributed by atoms with Gasteiger partial charge in [-0.15, -0.1) is 12.4 Å². The van der Waals surface area contributed by atoms with Crippen LogP contribution in [0.5, 0.6) is 0 Å². The summed E-state index contributed by atoms with van der Waals surface area (Å²) >= 11 is 0. The molecule has 7 nitrogen and oxygen atoms in total. The molecule has 2 bridgehead atoms. The first-order valence-corrected chi connectivity index (χ1v) is 8.38. The fraction of sp³-hybridized carbons (Fsp3) is 0.625. The summed E-state index contributed by atoms with van der Waals surface area (Å²) in [5.41, 5.74) is 5.94. The molecule has 4 heterocycles. The van der Waals surface area contributed by atoms with Crippen molar-refractivity contribution in [2.24, 2.45) is 17.8 Å². The summed E-state index contributed by atoms with van der Waals surface area (Å²) in [6.45, 7) is 5.51. The molecule has 2 fully saturated rings. The normalized spacial score (nSPS) is 24.9. The van der Waals surface area contributed by atoms with E-state index in [0.29, 0.717) is 18.8 Å². The van der Waals surface area contributed by atoms with Gasteiger partial charge in [0.1, 0.15) is 12.5 Å². The first kappa shape index (κ1) is 18.8. The lowest BCUT2D eigenvalue weighted by Gasteiger charge is -2.35. The molecule has 0 unspecified atom stereocenters. The molecule has 3 N–H and O–H groups in total. The van der Waals surface area contributed by atoms with Gasteiger partial charge in [-0.2, -0.15) is 5.10 Å². The van der Waals surface area contributed by atoms with Crippen LogP contribution in [-0.2, 0) is 7.05 Å². The zero-order chi connectivity index (χ0) is 16.2. The van der Waals surface area contributed by atoms with Gasteiger partial charge in [0.05, 0.1) is 11.9 Å². The largest absolute Gasteiger partial charge is 0.354 e. The zero-order valence-corrected chi connectivity index (χ0v) is 15.2. The first-order chi connectivity index (χ1) is 11.2. The third kappa shape index (κ3) is 4.28. The fourth-order valence-corrected chi connectivity index (χ4v) is 3.32. The van der Waals surface area contributed by atoms with Gasteiger partial charge in [-0.25, -0.2) is 4.99 Å². The standard InChI is InChI=1S/C14H20N6.C2H7N.ClH/c1-18-9-13(6-16-18)19-5-4-14(15-10-19)20-7-11-2-3-12(8-20)17-11;1-2-3;/h4-6,9,11-12,17H,2-3,7-8,10H2,1H3;2-3H2,1H3;1H/t11-,12+;;. The van der Waals surface area contributed by atoms with Crippen molar-refractivity contribution in [1.82, 2.24) is 20.0 Å². The van der Waals surface area contributed by atoms with Crippen LogP contribution in [-0.4, -0.2) is 58.9 Å². The number of nitrogens with zero attached hydrogens (tertiary/aromatic N) is 5. The van der Waals surface area contributed by atoms with Gasteiger partial charge in [0.2, 0.25) is 0 Å². The second kappa shape index (κ2) is 8.50. The predicted molar refractivity (Wildman–Crippen MR) is 101 cm³/mol. The second-order valence-electron chi connectivity index (χ2n) is 6.27. The number of nitrogens with one attached hydrogen (secondary N) is 1. The van der Waals surface area contributed by atoms with Gasteiger partial charge in [-0.1, -0.05) is 6.92 Å². The van der Waals surface area contributed by atoms with Gasteiger partial charge < -0.3 is 20.9 Å². The van der Waals surface area contributed by atoms with E-state index in [0.717, 1.165) is 31.2 Å². The highest BCUT2D eigenvalue weighted by Gasteiger charge is 2.33. The molecule has 0 radical (unpaired) electrons. The number of likely N-dealkylation sites (tertiary alicyclic amines) is 1. The number of nitrogens with two attached hydrogens (primary N) is 1. The molecule has 3 aliphatic rings. The Labute approximate surface area is 150 Å². The molecular formula is C16H28ClN7. The molecule has 2 atom stereocenters. The van der Waals surface area contributed by atoms with Crippen LogP contribution in [0.4, 0.5) is 5.69 Å². The lowest BCUT2D eigenvalue weighted by molar-refractivity contribution is 0.289. The lowest BCUT2D eigenvalue weighted by atomic mass is 10.2. The molecule has 0 spiro atoms. The Balaban J connectivity index is 0.000000487. The molecule has 0 saturated carbocycles. The van der Waals surface area contributed by atoms with Gasteiger partial charge in [0, 0.05) is 44.6 Å². The summed E-state index contributed by atoms with van der Waals surface area (Å²) in [6, 6.07) is 1.31. The maximum Gasteiger partial charge on any atom is 0.127 e. The SMILES string of the molecule is CCN.Cl.Cn1cc(N2C=CC(N3C[C@H]4CC[C@@H](C3)N4)=NC2)cn1. The van der Waals surface area contributed by atoms with Crippen LogP contribution in [0.25, 0.3) is 0 Å². The summed E-state index contributed by atoms with van der Waals surface area (Å²) in [7, 11) is 1.93. The minimum absolute atomic E-state index is 0. The number of aryl methyl sites for hydroxylation is 1. The number of anilines is 1. The van der Waals surface area contributed by atoms with E-state index in [-0.39, 0.29) is 12.4 Å². The van der Waals surface area contributed by atoms with Gasteiger partial charge in [0.15, 0.2) is 0 Å². The van der Waals surface area contributed by atoms with Gasteiger partial charge in [-0.05, 0) is 25.5 Å². The average Bonchev–Trinajstić information content (AvgIpc) is 3.14. The second-order valence-corrected chi connectivity index (χ2v) is 6.27. The van der Waals surface area contributed by atoms with E-state index in [2.05, 4.69) is 32.5 Å². The van der Waals surface area contributed by atoms with Crippen LogP contribution in [0.3, 0.4) is 0 Å². The van der Waals surface area contributed by atoms with Gasteiger partial charge >= 0.3 is 0 Å². The Morgan fingerprint density at radius 3 is 2.46 bits per heavy atom. The summed E-state index contributed by atoms with van der Waals surface area (Å²) in [5.74, 6) is 1.13. The minimum atomic E-state index is 0. The smallest absolute Gasteiger partial charge is 0.127 e. The molecule has 0 aromatic carbocycles. The molecule has 1 aromatic rings. The third-order valence-electron chi connectivity index (χ3n) is 4.35. The predicted octanol–water partition coefficient (Wildman–Crippen LogP) is 0.933. The first-order valence-electron chi connectivity index (χ1n) is 8.38. The topological polar surface area (TPSA) is 74.7 Å². The number of hydrogen-bond acceptors (Lipinski definition) is 6. The Bertz CT molecular complexity index is 571. The number of rotatable bonds is 1. The van der Waals surface area contributed by atoms with E-state index in [1.54, 1.807) is 0 Å². The number of amidine groups is 1. The summed E-state index contributed by atoms with van der Waals surface area (Å²) in [5, 5.41) is 7.86. The molecule has 134 valence electrons. The summed E-state index contributed by atoms with van der Waals surface area (Å²) in [6.07, 6.45) is 10.7. The molecule has 0 aliphatic carbocycles. The molecule has 3 aliphatic heterocycles. The van der Waals surface area contributed by atoms with E-state index in [9.17, 15) is 0 Å². The molecule has 0 amide bonds. The van der Waals surface area contributed by atoms with Crippen LogP contribution < -0.4 is 16.0 Å². The molecular weight excluding hydrogens is 326 g/mol. The quantitative estimate of drug-likeness (QED) is 0.785. The Kier molecular flexibility index (Phi) is 6.65. The van der Waals surface area contributed by atoms with E-state index < -0.39 is 0 Å². The van der Waals surface area contributed by atoms with Crippen molar-refractivity contribution in [3.8, 4) is 0 Å². The van der Waals surface area contributed by atoms with Crippen LogP contribution >= 0.6 is 12.4 Å². The summed E-state index contributed by atoms with van der Waals surface area (Å²) in [4.78, 5) is 9.28. The molecule has 1 aromatic heterocycles. The summed E-state index contributed by atoms with van der Waals surface area (Å²) < 4.78 is 1.82. The van der Waals surface area contributed by atoms with Crippen molar-refractivity contribution in [2.45, 2.75) is 31.8 Å². The Morgan fingerprint density at radius 1 is 1.29 bits per heavy atom. The maximum absolute atomic E-state index is 4.85. The van der Waals surface area contributed by atoms with Crippen molar-refractivity contribution < 1.29 is 0 Å². The van der Waals surface area contributed by atoms with Crippen molar-refractivity contribution in [3.05, 3.63) is 24.7 Å². The van der Waals surface area contributed by atoms with E-state index >= 15 is 0 Å². The van der Waals surface area contributed by atoms with Gasteiger partial charge in [-0.3, -0.25) is 4.68 Å². The third-order valence-corrected chi connectivity index (χ3v) is 4.35. The Hall–Kier alpha value is -1.57. The number of aliphatic imine (C=N–C) groups is 1. The van der Waals surface area contributed by atoms with Crippen molar-refractivity contribution in [1.29, 1.82) is 0 Å². The van der Waals surface area contributed by atoms with Crippen LogP contribution in [0.2, 0.25) is 0 Å². The molecule has 8 heteroatoms. The van der Waals surface area contributed by atoms with Crippen molar-refractivity contribution in [2.75, 3.05) is 31.2 Å². The number of hydrogen-bond donors (Lipinski definition) is 2. The molecule has 4 rings (SSSR count). The fourth-order valence-electron chi connectivity index (χ4n) is 3.32. The van der Waals surface area contributed by atoms with E-state index in [4.69, 9.17) is 10.7 Å². The molecule has 2 saturated heterocycles. The van der Waals surface area contributed by atoms with Crippen LogP contribution in [0.15, 0.2) is 29.7 Å². The maximum atomic E-state index is 4.85. The minimum Gasteiger partial charge on any atom is -0.354 e. The number of piperazine rings is 1. The lowest BCUT2D eigenvalue weighted by Crippen LogP contribution is -2.53. The number of aromatic nitrogens is 2. The van der Waals surface area contributed by atoms with Crippen LogP contribution in [0.1, 0.15) is 19.8 Å². The van der Waals surface area contributed by atoms with Crippen LogP contribution in [0, 0.1) is 0 Å². The zero-order valence-electron chi connectivity index (χ0n) is 14.4. The number of halogens is 1. The van der Waals surface area contributed by atoms with E-state index in [1.165, 1.54) is 12.8 Å². The highest BCUT2D eigenvalue weighted by molar-refractivity contribution is 5.94.